The average Bonchev–Trinajstić information content (AvgIpc) is 3.49. The van der Waals surface area contributed by atoms with Gasteiger partial charge in [0.1, 0.15) is 34.5 Å². The summed E-state index contributed by atoms with van der Waals surface area (Å²) in [7, 11) is 0. The molecule has 7 rings (SSSR count). The average molecular weight is 1050 g/mol. The fourth-order valence-corrected chi connectivity index (χ4v) is 8.18. The lowest BCUT2D eigenvalue weighted by Gasteiger charge is -2.14. The highest BCUT2D eigenvalue weighted by Gasteiger charge is 2.07. The Labute approximate surface area is 463 Å². The van der Waals surface area contributed by atoms with E-state index in [9.17, 15) is 0 Å². The maximum atomic E-state index is 6.28. The van der Waals surface area contributed by atoms with Crippen molar-refractivity contribution in [2.45, 2.75) is 117 Å². The minimum Gasteiger partial charge on any atom is -0.494 e. The Bertz CT molecular complexity index is 2510. The molecule has 78 heavy (non-hydrogen) atoms. The number of aryl methyl sites for hydroxylation is 3. The number of ether oxygens (including phenoxy) is 6. The topological polar surface area (TPSA) is 130 Å². The molecule has 0 saturated carbocycles. The van der Waals surface area contributed by atoms with E-state index in [-0.39, 0.29) is 0 Å². The van der Waals surface area contributed by atoms with Gasteiger partial charge in [-0.25, -0.2) is 0 Å². The van der Waals surface area contributed by atoms with Crippen molar-refractivity contribution in [3.05, 3.63) is 180 Å². The standard InChI is InChI=1S/C66H78N6O6/c1-4-52-19-25-55(26-20-52)67-70-58-31-37-61(38-32-58)73-43-13-7-10-16-46-76-64-49-65(77-47-17-11-8-14-44-74-62-39-33-59(34-40-62)71-68-56-27-21-53(5-2)22-28-56)51-66(50-64)78-48-18-12-9-15-45-75-63-41-35-60(36-42-63)72-69-57-29-23-54(6-3)24-30-57/h19-42,49-51H,4-18,43-48H2,1-3H3. The van der Waals surface area contributed by atoms with Crippen LogP contribution < -0.4 is 28.4 Å². The fraction of sp³-hybridized carbons (Fsp3) is 0.364. The van der Waals surface area contributed by atoms with E-state index in [1.807, 2.05) is 127 Å². The van der Waals surface area contributed by atoms with Gasteiger partial charge in [0.05, 0.1) is 73.8 Å². The van der Waals surface area contributed by atoms with Crippen LogP contribution in [-0.4, -0.2) is 39.6 Å². The molecule has 7 aromatic rings. The zero-order valence-corrected chi connectivity index (χ0v) is 46.1. The van der Waals surface area contributed by atoms with E-state index in [1.165, 1.54) is 16.7 Å². The summed E-state index contributed by atoms with van der Waals surface area (Å²) in [5.74, 6) is 4.77. The molecule has 0 unspecified atom stereocenters. The molecule has 0 amide bonds. The van der Waals surface area contributed by atoms with Crippen molar-refractivity contribution < 1.29 is 28.4 Å². The number of unbranched alkanes of at least 4 members (excludes halogenated alkanes) is 9. The van der Waals surface area contributed by atoms with Gasteiger partial charge in [-0.1, -0.05) is 57.2 Å². The predicted molar refractivity (Wildman–Crippen MR) is 314 cm³/mol. The lowest BCUT2D eigenvalue weighted by Crippen LogP contribution is -2.03. The maximum Gasteiger partial charge on any atom is 0.126 e. The van der Waals surface area contributed by atoms with Crippen LogP contribution >= 0.6 is 0 Å². The normalized spacial score (nSPS) is 11.4. The number of benzene rings is 7. The minimum absolute atomic E-state index is 0.611. The number of rotatable bonds is 36. The van der Waals surface area contributed by atoms with Crippen LogP contribution in [0.1, 0.15) is 115 Å². The van der Waals surface area contributed by atoms with Crippen molar-refractivity contribution in [2.24, 2.45) is 30.7 Å². The molecular formula is C66H78N6O6. The number of azo groups is 3. The number of hydrogen-bond acceptors (Lipinski definition) is 12. The van der Waals surface area contributed by atoms with Gasteiger partial charge in [-0.05, 0) is 222 Å². The van der Waals surface area contributed by atoms with Gasteiger partial charge < -0.3 is 28.4 Å². The van der Waals surface area contributed by atoms with Crippen LogP contribution in [0.3, 0.4) is 0 Å². The van der Waals surface area contributed by atoms with Crippen molar-refractivity contribution in [1.82, 2.24) is 0 Å². The van der Waals surface area contributed by atoms with Crippen molar-refractivity contribution >= 4 is 34.1 Å². The summed E-state index contributed by atoms with van der Waals surface area (Å²) in [4.78, 5) is 0. The second-order valence-electron chi connectivity index (χ2n) is 19.1. The van der Waals surface area contributed by atoms with Gasteiger partial charge in [-0.3, -0.25) is 0 Å². The third-order valence-corrected chi connectivity index (χ3v) is 13.0. The summed E-state index contributed by atoms with van der Waals surface area (Å²) >= 11 is 0. The van der Waals surface area contributed by atoms with Gasteiger partial charge >= 0.3 is 0 Å². The van der Waals surface area contributed by atoms with Crippen LogP contribution in [0, 0.1) is 0 Å². The van der Waals surface area contributed by atoms with E-state index in [0.717, 1.165) is 165 Å². The number of nitrogens with zero attached hydrogens (tertiary/aromatic N) is 6. The Kier molecular flexibility index (Phi) is 25.2. The quantitative estimate of drug-likeness (QED) is 0.0284. The van der Waals surface area contributed by atoms with Crippen molar-refractivity contribution in [2.75, 3.05) is 39.6 Å². The van der Waals surface area contributed by atoms with E-state index >= 15 is 0 Å². The lowest BCUT2D eigenvalue weighted by atomic mass is 10.2. The highest BCUT2D eigenvalue weighted by Crippen LogP contribution is 2.30. The summed E-state index contributed by atoms with van der Waals surface area (Å²) in [5.41, 5.74) is 8.76. The smallest absolute Gasteiger partial charge is 0.126 e. The second-order valence-corrected chi connectivity index (χ2v) is 19.1. The van der Waals surface area contributed by atoms with E-state index in [0.29, 0.717) is 39.6 Å². The molecule has 12 heteroatoms. The van der Waals surface area contributed by atoms with Crippen LogP contribution in [0.25, 0.3) is 0 Å². The Morgan fingerprint density at radius 2 is 0.397 bits per heavy atom. The van der Waals surface area contributed by atoms with Crippen molar-refractivity contribution in [1.29, 1.82) is 0 Å². The molecule has 408 valence electrons. The van der Waals surface area contributed by atoms with Crippen molar-refractivity contribution in [3.63, 3.8) is 0 Å². The Morgan fingerprint density at radius 3 is 0.590 bits per heavy atom. The van der Waals surface area contributed by atoms with Gasteiger partial charge in [0.2, 0.25) is 0 Å². The summed E-state index contributed by atoms with van der Waals surface area (Å²) in [6, 6.07) is 53.7. The van der Waals surface area contributed by atoms with Crippen molar-refractivity contribution in [3.8, 4) is 34.5 Å². The maximum absolute atomic E-state index is 6.28. The molecule has 0 aliphatic heterocycles. The monoisotopic (exact) mass is 1050 g/mol. The molecule has 0 atom stereocenters. The first-order chi connectivity index (χ1) is 38.5. The molecular weight excluding hydrogens is 973 g/mol. The van der Waals surface area contributed by atoms with Gasteiger partial charge in [-0.15, -0.1) is 0 Å². The van der Waals surface area contributed by atoms with Gasteiger partial charge in [-0.2, -0.15) is 30.7 Å². The first-order valence-corrected chi connectivity index (χ1v) is 28.2. The first kappa shape index (κ1) is 57.8. The molecule has 0 aliphatic rings. The van der Waals surface area contributed by atoms with E-state index < -0.39 is 0 Å². The molecule has 0 aromatic heterocycles. The molecule has 7 aromatic carbocycles. The lowest BCUT2D eigenvalue weighted by molar-refractivity contribution is 0.269. The third-order valence-electron chi connectivity index (χ3n) is 13.0. The van der Waals surface area contributed by atoms with Crippen LogP contribution in [0.4, 0.5) is 34.1 Å². The van der Waals surface area contributed by atoms with E-state index in [2.05, 4.69) is 87.9 Å². The highest BCUT2D eigenvalue weighted by atomic mass is 16.5. The van der Waals surface area contributed by atoms with Gasteiger partial charge in [0.25, 0.3) is 0 Å². The Hall–Kier alpha value is -7.86. The predicted octanol–water partition coefficient (Wildman–Crippen LogP) is 19.7. The van der Waals surface area contributed by atoms with Crippen LogP contribution in [0.5, 0.6) is 34.5 Å². The van der Waals surface area contributed by atoms with E-state index in [4.69, 9.17) is 28.4 Å². The molecule has 0 aliphatic carbocycles. The summed E-state index contributed by atoms with van der Waals surface area (Å²) in [5, 5.41) is 26.2. The van der Waals surface area contributed by atoms with Crippen LogP contribution in [-0.2, 0) is 19.3 Å². The zero-order valence-electron chi connectivity index (χ0n) is 46.1. The van der Waals surface area contributed by atoms with Crippen LogP contribution in [0.15, 0.2) is 194 Å². The summed E-state index contributed by atoms with van der Waals surface area (Å²) < 4.78 is 36.9. The molecule has 0 fully saturated rings. The molecule has 12 nitrogen and oxygen atoms in total. The van der Waals surface area contributed by atoms with E-state index in [1.54, 1.807) is 0 Å². The summed E-state index contributed by atoms with van der Waals surface area (Å²) in [6.45, 7) is 10.2. The third kappa shape index (κ3) is 22.0. The molecule has 0 N–H and O–H groups in total. The molecule has 0 saturated heterocycles. The van der Waals surface area contributed by atoms with Crippen LogP contribution in [0.2, 0.25) is 0 Å². The fourth-order valence-electron chi connectivity index (χ4n) is 8.18. The SMILES string of the molecule is CCc1ccc(N=Nc2ccc(OCCCCCCOc3cc(OCCCCCCOc4ccc(N=Nc5ccc(CC)cc5)cc4)cc(OCCCCCCOc4ccc(N=Nc5ccc(CC)cc5)cc4)c3)cc2)cc1. The highest BCUT2D eigenvalue weighted by molar-refractivity contribution is 5.46. The number of hydrogen-bond donors (Lipinski definition) is 0. The molecule has 0 spiro atoms. The summed E-state index contributed by atoms with van der Waals surface area (Å²) in [6.07, 6.45) is 15.0. The molecule has 0 heterocycles. The zero-order chi connectivity index (χ0) is 54.1. The Morgan fingerprint density at radius 1 is 0.218 bits per heavy atom. The second kappa shape index (κ2) is 34.0. The van der Waals surface area contributed by atoms with Gasteiger partial charge in [0, 0.05) is 18.2 Å². The minimum atomic E-state index is 0.611. The van der Waals surface area contributed by atoms with Gasteiger partial charge in [0.15, 0.2) is 0 Å². The first-order valence-electron chi connectivity index (χ1n) is 28.2. The Balaban J connectivity index is 0.780. The molecule has 0 bridgehead atoms. The molecule has 0 radical (unpaired) electrons. The largest absolute Gasteiger partial charge is 0.494 e.